The highest BCUT2D eigenvalue weighted by atomic mass is 16.8. The Morgan fingerprint density at radius 3 is 2.44 bits per heavy atom. The van der Waals surface area contributed by atoms with Crippen LogP contribution < -0.4 is 0 Å². The van der Waals surface area contributed by atoms with Gasteiger partial charge in [0.1, 0.15) is 18.3 Å². The lowest BCUT2D eigenvalue weighted by Crippen LogP contribution is -2.37. The lowest BCUT2D eigenvalue weighted by atomic mass is 9.94. The predicted octanol–water partition coefficient (Wildman–Crippen LogP) is 0.140. The van der Waals surface area contributed by atoms with Gasteiger partial charge in [-0.3, -0.25) is 0 Å². The monoisotopic (exact) mass is 230 g/mol. The summed E-state index contributed by atoms with van der Waals surface area (Å²) in [5, 5.41) is 18.8. The van der Waals surface area contributed by atoms with Crippen molar-refractivity contribution in [3.8, 4) is 0 Å². The van der Waals surface area contributed by atoms with E-state index in [0.29, 0.717) is 0 Å². The highest BCUT2D eigenvalue weighted by Gasteiger charge is 2.57. The van der Waals surface area contributed by atoms with Crippen LogP contribution in [0.4, 0.5) is 0 Å². The quantitative estimate of drug-likeness (QED) is 0.670. The summed E-state index contributed by atoms with van der Waals surface area (Å²) < 4.78 is 16.9. The summed E-state index contributed by atoms with van der Waals surface area (Å²) in [6, 6.07) is 0. The van der Waals surface area contributed by atoms with Crippen molar-refractivity contribution >= 4 is 0 Å². The minimum Gasteiger partial charge on any atom is -0.394 e. The maximum atomic E-state index is 9.68. The van der Waals surface area contributed by atoms with Crippen molar-refractivity contribution in [3.63, 3.8) is 0 Å². The molecule has 1 aliphatic carbocycles. The maximum absolute atomic E-state index is 9.68. The molecule has 3 aliphatic rings. The molecule has 0 unspecified atom stereocenters. The van der Waals surface area contributed by atoms with Gasteiger partial charge in [-0.15, -0.1) is 0 Å². The van der Waals surface area contributed by atoms with Crippen molar-refractivity contribution in [2.45, 2.75) is 62.5 Å². The highest BCUT2D eigenvalue weighted by Crippen LogP contribution is 2.45. The Morgan fingerprint density at radius 1 is 1.06 bits per heavy atom. The molecule has 92 valence electrons. The average molecular weight is 230 g/mol. The SMILES string of the molecule is OC[C@H]1O[C@H](O)[C@@H]2OC3(CCCCC3)O[C@@H]21. The van der Waals surface area contributed by atoms with Crippen LogP contribution in [-0.2, 0) is 14.2 Å². The number of ether oxygens (including phenoxy) is 3. The van der Waals surface area contributed by atoms with Crippen LogP contribution in [0, 0.1) is 0 Å². The Labute approximate surface area is 94.3 Å². The summed E-state index contributed by atoms with van der Waals surface area (Å²) in [5.41, 5.74) is 0. The zero-order valence-corrected chi connectivity index (χ0v) is 9.17. The van der Waals surface area contributed by atoms with Crippen molar-refractivity contribution in [2.75, 3.05) is 6.61 Å². The van der Waals surface area contributed by atoms with Gasteiger partial charge in [-0.25, -0.2) is 0 Å². The van der Waals surface area contributed by atoms with E-state index in [4.69, 9.17) is 19.3 Å². The van der Waals surface area contributed by atoms with E-state index in [1.54, 1.807) is 0 Å². The van der Waals surface area contributed by atoms with Gasteiger partial charge in [0.25, 0.3) is 0 Å². The molecule has 2 saturated heterocycles. The molecule has 2 N–H and O–H groups in total. The van der Waals surface area contributed by atoms with Gasteiger partial charge in [0.15, 0.2) is 12.1 Å². The molecule has 0 radical (unpaired) electrons. The van der Waals surface area contributed by atoms with E-state index in [-0.39, 0.29) is 12.7 Å². The second kappa shape index (κ2) is 3.92. The second-order valence-electron chi connectivity index (χ2n) is 4.88. The van der Waals surface area contributed by atoms with Crippen LogP contribution in [0.25, 0.3) is 0 Å². The van der Waals surface area contributed by atoms with E-state index in [1.807, 2.05) is 0 Å². The fourth-order valence-electron chi connectivity index (χ4n) is 2.97. The van der Waals surface area contributed by atoms with E-state index >= 15 is 0 Å². The van der Waals surface area contributed by atoms with Gasteiger partial charge in [-0.05, 0) is 12.8 Å². The average Bonchev–Trinajstić information content (AvgIpc) is 2.78. The number of aliphatic hydroxyl groups excluding tert-OH is 2. The molecule has 0 aromatic rings. The number of fused-ring (bicyclic) bond motifs is 1. The zero-order chi connectivity index (χ0) is 11.2. The van der Waals surface area contributed by atoms with E-state index < -0.39 is 24.3 Å². The van der Waals surface area contributed by atoms with Crippen LogP contribution in [-0.4, -0.2) is 47.2 Å². The summed E-state index contributed by atoms with van der Waals surface area (Å²) in [5.74, 6) is -0.522. The Morgan fingerprint density at radius 2 is 1.75 bits per heavy atom. The fraction of sp³-hybridized carbons (Fsp3) is 1.00. The molecular formula is C11H18O5. The number of hydrogen-bond acceptors (Lipinski definition) is 5. The minimum absolute atomic E-state index is 0.141. The number of rotatable bonds is 1. The van der Waals surface area contributed by atoms with Gasteiger partial charge in [0, 0.05) is 12.8 Å². The summed E-state index contributed by atoms with van der Waals surface area (Å²) in [7, 11) is 0. The molecule has 2 aliphatic heterocycles. The normalized spacial score (nSPS) is 46.1. The van der Waals surface area contributed by atoms with Crippen molar-refractivity contribution in [3.05, 3.63) is 0 Å². The first-order valence-corrected chi connectivity index (χ1v) is 6.04. The number of aliphatic hydroxyl groups is 2. The third-order valence-corrected chi connectivity index (χ3v) is 3.78. The fourth-order valence-corrected chi connectivity index (χ4v) is 2.97. The van der Waals surface area contributed by atoms with Gasteiger partial charge < -0.3 is 24.4 Å². The van der Waals surface area contributed by atoms with Crippen LogP contribution in [0.5, 0.6) is 0 Å². The lowest BCUT2D eigenvalue weighted by molar-refractivity contribution is -0.249. The molecule has 5 nitrogen and oxygen atoms in total. The topological polar surface area (TPSA) is 68.2 Å². The van der Waals surface area contributed by atoms with Gasteiger partial charge in [0.05, 0.1) is 6.61 Å². The van der Waals surface area contributed by atoms with Gasteiger partial charge in [-0.1, -0.05) is 6.42 Å². The Bertz CT molecular complexity index is 263. The van der Waals surface area contributed by atoms with Crippen molar-refractivity contribution in [1.29, 1.82) is 0 Å². The second-order valence-corrected chi connectivity index (χ2v) is 4.88. The summed E-state index contributed by atoms with van der Waals surface area (Å²) in [6.45, 7) is -0.141. The van der Waals surface area contributed by atoms with E-state index in [0.717, 1.165) is 25.7 Å². The molecule has 2 heterocycles. The molecule has 3 fully saturated rings. The highest BCUT2D eigenvalue weighted by molar-refractivity contribution is 4.97. The zero-order valence-electron chi connectivity index (χ0n) is 9.17. The van der Waals surface area contributed by atoms with Gasteiger partial charge >= 0.3 is 0 Å². The van der Waals surface area contributed by atoms with Crippen molar-refractivity contribution in [1.82, 2.24) is 0 Å². The molecule has 16 heavy (non-hydrogen) atoms. The van der Waals surface area contributed by atoms with Crippen LogP contribution in [0.2, 0.25) is 0 Å². The Balaban J connectivity index is 1.76. The summed E-state index contributed by atoms with van der Waals surface area (Å²) in [4.78, 5) is 0. The minimum atomic E-state index is -0.969. The summed E-state index contributed by atoms with van der Waals surface area (Å²) in [6.07, 6.45) is 2.99. The van der Waals surface area contributed by atoms with Crippen molar-refractivity contribution in [2.24, 2.45) is 0 Å². The van der Waals surface area contributed by atoms with Crippen LogP contribution in [0.15, 0.2) is 0 Å². The lowest BCUT2D eigenvalue weighted by Gasteiger charge is -2.33. The standard InChI is InChI=1S/C11H18O5/c12-6-7-8-9(10(13)14-7)16-11(15-8)4-2-1-3-5-11/h7-10,12-13H,1-6H2/t7-,8-,9-,10+/m1/s1. The Kier molecular flexibility index (Phi) is 2.68. The van der Waals surface area contributed by atoms with Gasteiger partial charge in [-0.2, -0.15) is 0 Å². The first-order valence-electron chi connectivity index (χ1n) is 6.04. The Hall–Kier alpha value is -0.200. The number of hydrogen-bond donors (Lipinski definition) is 2. The molecule has 5 heteroatoms. The first-order chi connectivity index (χ1) is 7.74. The molecule has 0 aromatic heterocycles. The predicted molar refractivity (Wildman–Crippen MR) is 53.5 cm³/mol. The molecule has 0 bridgehead atoms. The van der Waals surface area contributed by atoms with E-state index in [1.165, 1.54) is 6.42 Å². The van der Waals surface area contributed by atoms with E-state index in [9.17, 15) is 5.11 Å². The molecule has 4 atom stereocenters. The summed E-state index contributed by atoms with van der Waals surface area (Å²) >= 11 is 0. The van der Waals surface area contributed by atoms with Gasteiger partial charge in [0.2, 0.25) is 0 Å². The molecule has 3 rings (SSSR count). The molecule has 0 aromatic carbocycles. The van der Waals surface area contributed by atoms with Crippen LogP contribution >= 0.6 is 0 Å². The third-order valence-electron chi connectivity index (χ3n) is 3.78. The molecular weight excluding hydrogens is 212 g/mol. The molecule has 1 saturated carbocycles. The maximum Gasteiger partial charge on any atom is 0.184 e. The van der Waals surface area contributed by atoms with Crippen molar-refractivity contribution < 1.29 is 24.4 Å². The largest absolute Gasteiger partial charge is 0.394 e. The van der Waals surface area contributed by atoms with Crippen LogP contribution in [0.1, 0.15) is 32.1 Å². The third kappa shape index (κ3) is 1.58. The molecule has 1 spiro atoms. The van der Waals surface area contributed by atoms with Crippen LogP contribution in [0.3, 0.4) is 0 Å². The first kappa shape index (κ1) is 10.9. The molecule has 0 amide bonds. The smallest absolute Gasteiger partial charge is 0.184 e. The van der Waals surface area contributed by atoms with E-state index in [2.05, 4.69) is 0 Å².